The van der Waals surface area contributed by atoms with Crippen LogP contribution in [0.2, 0.25) is 0 Å². The molecule has 0 saturated heterocycles. The summed E-state index contributed by atoms with van der Waals surface area (Å²) in [5.74, 6) is -0.846. The molecular formula is C102H93N9O12. The Balaban J connectivity index is 0.599. The summed E-state index contributed by atoms with van der Waals surface area (Å²) < 4.78 is 63.8. The summed E-state index contributed by atoms with van der Waals surface area (Å²) in [6.07, 6.45) is 5.38. The molecule has 21 nitrogen and oxygen atoms in total. The maximum absolute atomic E-state index is 14.2. The van der Waals surface area contributed by atoms with E-state index in [0.29, 0.717) is 87.3 Å². The van der Waals surface area contributed by atoms with Crippen LogP contribution in [0.1, 0.15) is 146 Å². The predicted molar refractivity (Wildman–Crippen MR) is 475 cm³/mol. The van der Waals surface area contributed by atoms with Crippen molar-refractivity contribution in [3.05, 3.63) is 303 Å². The largest absolute Gasteiger partial charge is 0.481 e. The van der Waals surface area contributed by atoms with Gasteiger partial charge in [-0.1, -0.05) is 242 Å². The molecule has 4 heterocycles. The van der Waals surface area contributed by atoms with Crippen LogP contribution in [0, 0.1) is 0 Å². The zero-order valence-electron chi connectivity index (χ0n) is 70.3. The lowest BCUT2D eigenvalue weighted by Gasteiger charge is -2.26. The third-order valence-corrected chi connectivity index (χ3v) is 23.6. The Hall–Kier alpha value is -13.5. The summed E-state index contributed by atoms with van der Waals surface area (Å²) in [5, 5.41) is 48.1. The first kappa shape index (κ1) is 79.3. The van der Waals surface area contributed by atoms with Gasteiger partial charge in [0.25, 0.3) is 0 Å². The van der Waals surface area contributed by atoms with Crippen molar-refractivity contribution < 1.29 is 57.0 Å². The molecule has 123 heavy (non-hydrogen) atoms. The first-order valence-corrected chi connectivity index (χ1v) is 41.7. The molecule has 0 atom stereocenters. The van der Waals surface area contributed by atoms with Crippen molar-refractivity contribution in [1.82, 2.24) is 45.0 Å². The summed E-state index contributed by atoms with van der Waals surface area (Å²) in [4.78, 5) is 42.6. The normalized spacial score (nSPS) is 13.3. The van der Waals surface area contributed by atoms with Gasteiger partial charge in [-0.2, -0.15) is 0 Å². The standard InChI is InChI=1S/C102H93N9O12/c1-100(2,3)79-37-73-49-115-51-75-39-80(101(4,5)6)41-77(98(75)122-59-89(113)119-56-83-47-110(107-104-83)44-71-29-26-68-23-20-62-14-11-17-65-32-35-86(71)95(68)92(62)65)53-117-54-78-42-81(102(7,8)9)40-76(99(78)123-60-90(114)120-57-84-48-111(108-105-84)45-72-30-27-69-24-21-63-15-12-18-66-33-36-87(72)96(69)93(63)66)52-116-50-74(38-79)97(73)121-58-88(112)118-55-82-46-109(106-103-82)43-70-28-25-67-22-19-61-13-10-16-64-31-34-85(70)94(67)91(61)64/h10-42,46-48H,43-45,49-60H2,1-9H3. The van der Waals surface area contributed by atoms with E-state index in [0.717, 1.165) is 49.5 Å². The number of carbonyl (C=O) groups is 3. The van der Waals surface area contributed by atoms with E-state index in [1.807, 2.05) is 36.4 Å². The maximum Gasteiger partial charge on any atom is 0.344 e. The summed E-state index contributed by atoms with van der Waals surface area (Å²) in [6, 6.07) is 70.2. The highest BCUT2D eigenvalue weighted by Gasteiger charge is 2.29. The molecular weight excluding hydrogens is 1540 g/mol. The van der Waals surface area contributed by atoms with Crippen LogP contribution < -0.4 is 14.2 Å². The van der Waals surface area contributed by atoms with Crippen LogP contribution in [0.3, 0.4) is 0 Å². The van der Waals surface area contributed by atoms with E-state index in [4.69, 9.17) is 42.6 Å². The third kappa shape index (κ3) is 16.3. The van der Waals surface area contributed by atoms with Gasteiger partial charge in [0.15, 0.2) is 19.8 Å². The van der Waals surface area contributed by atoms with E-state index in [-0.39, 0.29) is 59.5 Å². The summed E-state index contributed by atoms with van der Waals surface area (Å²) >= 11 is 0. The zero-order chi connectivity index (χ0) is 84.4. The van der Waals surface area contributed by atoms with Crippen LogP contribution in [0.25, 0.3) is 97.0 Å². The molecule has 1 aliphatic rings. The lowest BCUT2D eigenvalue weighted by Crippen LogP contribution is -2.20. The number of fused-ring (bicyclic) bond motifs is 6. The summed E-state index contributed by atoms with van der Waals surface area (Å²) in [7, 11) is 0. The smallest absolute Gasteiger partial charge is 0.344 e. The molecule has 0 saturated carbocycles. The maximum atomic E-state index is 14.2. The van der Waals surface area contributed by atoms with Crippen molar-refractivity contribution in [3.8, 4) is 17.2 Å². The Morgan fingerprint density at radius 3 is 0.780 bits per heavy atom. The van der Waals surface area contributed by atoms with Gasteiger partial charge in [0, 0.05) is 33.4 Å². The van der Waals surface area contributed by atoms with Crippen molar-refractivity contribution in [2.24, 2.45) is 0 Å². The third-order valence-electron chi connectivity index (χ3n) is 23.6. The molecule has 0 N–H and O–H groups in total. The number of rotatable bonds is 21. The van der Waals surface area contributed by atoms with E-state index in [2.05, 4.69) is 257 Å². The second-order valence-corrected chi connectivity index (χ2v) is 35.4. The molecule has 0 spiro atoms. The zero-order valence-corrected chi connectivity index (χ0v) is 70.3. The number of carbonyl (C=O) groups excluding carboxylic acids is 3. The number of esters is 3. The molecule has 6 bridgehead atoms. The molecule has 618 valence electrons. The SMILES string of the molecule is CC(C)(C)c1cc2c(OCC(=O)OCc3cn(Cc4ccc5ccc6cccc7ccc4c5c67)nn3)c(c1)COCc1cc(C(C)(C)C)cc(c1OCC(=O)OCc1cn(Cc3ccc4ccc5cccc6ccc3c4c56)nn1)COCc1cc(C(C)(C)C)cc(c1OCC(=O)OCc1cn(Cc3ccc4ccc5cccc6ccc3c4c56)nn1)COC2. The van der Waals surface area contributed by atoms with Crippen LogP contribution in [0.4, 0.5) is 0 Å². The molecule has 15 aromatic carbocycles. The van der Waals surface area contributed by atoms with Gasteiger partial charge in [-0.15, -0.1) is 15.3 Å². The topological polar surface area (TPSA) is 226 Å². The van der Waals surface area contributed by atoms with E-state index in [1.54, 1.807) is 32.6 Å². The van der Waals surface area contributed by atoms with Crippen molar-refractivity contribution >= 4 is 115 Å². The van der Waals surface area contributed by atoms with Crippen LogP contribution in [-0.2, 0) is 138 Å². The fraction of sp³-hybridized carbons (Fsp3) is 0.265. The van der Waals surface area contributed by atoms with Crippen molar-refractivity contribution in [2.75, 3.05) is 19.8 Å². The van der Waals surface area contributed by atoms with Gasteiger partial charge < -0.3 is 42.6 Å². The summed E-state index contributed by atoms with van der Waals surface area (Å²) in [6.45, 7) is 18.5. The Morgan fingerprint density at radius 2 is 0.537 bits per heavy atom. The Morgan fingerprint density at radius 1 is 0.309 bits per heavy atom. The molecule has 0 unspecified atom stereocenters. The number of aromatic nitrogens is 9. The minimum atomic E-state index is -0.644. The quantitative estimate of drug-likeness (QED) is 0.0370. The molecule has 1 aliphatic heterocycles. The molecule has 0 fully saturated rings. The van der Waals surface area contributed by atoms with Gasteiger partial charge in [-0.25, -0.2) is 28.4 Å². The second kappa shape index (κ2) is 32.5. The fourth-order valence-corrected chi connectivity index (χ4v) is 17.3. The van der Waals surface area contributed by atoms with Gasteiger partial charge in [0.1, 0.15) is 54.2 Å². The van der Waals surface area contributed by atoms with Gasteiger partial charge in [-0.3, -0.25) is 0 Å². The average molecular weight is 1640 g/mol. The molecule has 3 aromatic heterocycles. The first-order chi connectivity index (χ1) is 59.5. The van der Waals surface area contributed by atoms with Gasteiger partial charge in [-0.05, 0) is 183 Å². The van der Waals surface area contributed by atoms with Gasteiger partial charge >= 0.3 is 17.9 Å². The van der Waals surface area contributed by atoms with Crippen molar-refractivity contribution in [1.29, 1.82) is 0 Å². The predicted octanol–water partition coefficient (Wildman–Crippen LogP) is 20.0. The summed E-state index contributed by atoms with van der Waals surface area (Å²) in [5.41, 5.74) is 10.0. The van der Waals surface area contributed by atoms with Crippen LogP contribution in [0.15, 0.2) is 219 Å². The number of hydrogen-bond donors (Lipinski definition) is 0. The van der Waals surface area contributed by atoms with Crippen molar-refractivity contribution in [3.63, 3.8) is 0 Å². The van der Waals surface area contributed by atoms with Crippen LogP contribution in [-0.4, -0.2) is 82.7 Å². The van der Waals surface area contributed by atoms with E-state index in [9.17, 15) is 14.4 Å². The van der Waals surface area contributed by atoms with Gasteiger partial charge in [0.2, 0.25) is 0 Å². The van der Waals surface area contributed by atoms with E-state index >= 15 is 0 Å². The fourth-order valence-electron chi connectivity index (χ4n) is 17.3. The molecule has 21 heteroatoms. The number of nitrogens with zero attached hydrogens (tertiary/aromatic N) is 9. The number of benzene rings is 15. The van der Waals surface area contributed by atoms with Crippen LogP contribution >= 0.6 is 0 Å². The Bertz CT molecular complexity index is 6300. The number of ether oxygens (including phenoxy) is 9. The molecule has 0 radical (unpaired) electrons. The van der Waals surface area contributed by atoms with E-state index in [1.165, 1.54) is 80.8 Å². The molecule has 0 amide bonds. The Labute approximate surface area is 710 Å². The molecule has 18 aromatic rings. The minimum Gasteiger partial charge on any atom is -0.481 e. The lowest BCUT2D eigenvalue weighted by molar-refractivity contribution is -0.148. The second-order valence-electron chi connectivity index (χ2n) is 35.4. The van der Waals surface area contributed by atoms with Crippen molar-refractivity contribution in [2.45, 2.75) is 158 Å². The lowest BCUT2D eigenvalue weighted by atomic mass is 9.84. The first-order valence-electron chi connectivity index (χ1n) is 41.7. The highest BCUT2D eigenvalue weighted by molar-refractivity contribution is 6.26. The highest BCUT2D eigenvalue weighted by Crippen LogP contribution is 2.43. The number of hydrogen-bond acceptors (Lipinski definition) is 18. The van der Waals surface area contributed by atoms with Gasteiger partial charge in [0.05, 0.1) is 77.9 Å². The molecule has 0 aliphatic carbocycles. The van der Waals surface area contributed by atoms with Crippen LogP contribution in [0.5, 0.6) is 17.2 Å². The molecule has 19 rings (SSSR count). The van der Waals surface area contributed by atoms with E-state index < -0.39 is 54.0 Å². The Kier molecular flexibility index (Phi) is 21.0. The average Bonchev–Trinajstić information content (AvgIpc) is 1.74. The minimum absolute atomic E-state index is 0.00707. The highest BCUT2D eigenvalue weighted by atomic mass is 16.6. The monoisotopic (exact) mass is 1640 g/mol.